The Morgan fingerprint density at radius 1 is 1.36 bits per heavy atom. The molecule has 0 spiro atoms. The summed E-state index contributed by atoms with van der Waals surface area (Å²) in [7, 11) is 0. The van der Waals surface area contributed by atoms with Crippen molar-refractivity contribution in [3.63, 3.8) is 0 Å². The van der Waals surface area contributed by atoms with E-state index in [-0.39, 0.29) is 12.5 Å². The summed E-state index contributed by atoms with van der Waals surface area (Å²) in [5.74, 6) is -1.06. The monoisotopic (exact) mass is 321 g/mol. The lowest BCUT2D eigenvalue weighted by molar-refractivity contribution is -0.145. The van der Waals surface area contributed by atoms with Crippen molar-refractivity contribution in [1.82, 2.24) is 15.1 Å². The van der Waals surface area contributed by atoms with Gasteiger partial charge in [-0.15, -0.1) is 0 Å². The fraction of sp³-hybridized carbons (Fsp3) is 0.714. The van der Waals surface area contributed by atoms with Crippen molar-refractivity contribution in [3.8, 4) is 0 Å². The number of carbonyl (C=O) groups is 1. The summed E-state index contributed by atoms with van der Waals surface area (Å²) < 4.78 is 40.3. The highest BCUT2D eigenvalue weighted by Gasteiger charge is 2.40. The van der Waals surface area contributed by atoms with Gasteiger partial charge in [-0.2, -0.15) is 18.3 Å². The van der Waals surface area contributed by atoms with Gasteiger partial charge in [0.1, 0.15) is 0 Å². The van der Waals surface area contributed by atoms with Crippen molar-refractivity contribution in [2.45, 2.75) is 52.4 Å². The van der Waals surface area contributed by atoms with E-state index in [9.17, 15) is 23.1 Å². The van der Waals surface area contributed by atoms with Crippen molar-refractivity contribution in [2.75, 3.05) is 6.54 Å². The average Bonchev–Trinajstić information content (AvgIpc) is 2.80. The number of hydrogen-bond acceptors (Lipinski definition) is 3. The molecule has 1 aromatic rings. The Hall–Kier alpha value is -1.57. The largest absolute Gasteiger partial charge is 0.433 e. The second-order valence-electron chi connectivity index (χ2n) is 6.14. The Labute approximate surface area is 127 Å². The zero-order valence-corrected chi connectivity index (χ0v) is 13.3. The molecule has 1 rings (SSSR count). The minimum Gasteiger partial charge on any atom is -0.388 e. The van der Waals surface area contributed by atoms with Crippen LogP contribution in [0.5, 0.6) is 0 Å². The van der Waals surface area contributed by atoms with Gasteiger partial charge in [0.05, 0.1) is 17.4 Å². The molecule has 0 aliphatic heterocycles. The maximum absolute atomic E-state index is 13.2. The predicted molar refractivity (Wildman–Crippen MR) is 75.4 cm³/mol. The van der Waals surface area contributed by atoms with Crippen LogP contribution in [0.2, 0.25) is 0 Å². The van der Waals surface area contributed by atoms with E-state index < -0.39 is 35.0 Å². The molecule has 126 valence electrons. The molecule has 1 aromatic heterocycles. The summed E-state index contributed by atoms with van der Waals surface area (Å²) in [5, 5.41) is 16.1. The van der Waals surface area contributed by atoms with E-state index >= 15 is 0 Å². The van der Waals surface area contributed by atoms with E-state index in [1.165, 1.54) is 6.92 Å². The number of nitrogens with zero attached hydrogens (tertiary/aromatic N) is 2. The molecular formula is C14H22F3N3O2. The topological polar surface area (TPSA) is 67.2 Å². The Bertz CT molecular complexity index is 534. The molecule has 1 amide bonds. The zero-order chi connectivity index (χ0) is 17.3. The third kappa shape index (κ3) is 4.00. The molecule has 0 radical (unpaired) electrons. The van der Waals surface area contributed by atoms with Gasteiger partial charge in [0.25, 0.3) is 5.91 Å². The van der Waals surface area contributed by atoms with Crippen molar-refractivity contribution in [2.24, 2.45) is 5.92 Å². The number of halogens is 3. The van der Waals surface area contributed by atoms with E-state index in [0.29, 0.717) is 0 Å². The molecule has 0 aliphatic rings. The molecule has 1 heterocycles. The second-order valence-corrected chi connectivity index (χ2v) is 6.14. The number of hydrogen-bond donors (Lipinski definition) is 2. The van der Waals surface area contributed by atoms with Gasteiger partial charge in [0, 0.05) is 12.6 Å². The summed E-state index contributed by atoms with van der Waals surface area (Å²) in [6, 6.07) is -0.531. The van der Waals surface area contributed by atoms with Crippen molar-refractivity contribution < 1.29 is 23.1 Å². The predicted octanol–water partition coefficient (Wildman–Crippen LogP) is 2.62. The van der Waals surface area contributed by atoms with Crippen LogP contribution < -0.4 is 5.32 Å². The Kier molecular flexibility index (Phi) is 5.27. The SMILES string of the molecule is CC(C)n1ncc(C(=O)NCC(C)(O)C(C)C)c1C(F)(F)F. The average molecular weight is 321 g/mol. The molecule has 2 N–H and O–H groups in total. The van der Waals surface area contributed by atoms with Crippen LogP contribution in [-0.4, -0.2) is 32.9 Å². The standard InChI is InChI=1S/C14H22F3N3O2/c1-8(2)13(5,22)7-18-12(21)10-6-19-20(9(3)4)11(10)14(15,16)17/h6,8-9,22H,7H2,1-5H3,(H,18,21). The van der Waals surface area contributed by atoms with Gasteiger partial charge in [-0.25, -0.2) is 0 Å². The number of alkyl halides is 3. The molecule has 0 saturated carbocycles. The first-order valence-electron chi connectivity index (χ1n) is 7.03. The summed E-state index contributed by atoms with van der Waals surface area (Å²) in [6.45, 7) is 7.98. The van der Waals surface area contributed by atoms with E-state index in [0.717, 1.165) is 10.9 Å². The summed E-state index contributed by atoms with van der Waals surface area (Å²) in [5.41, 5.74) is -2.83. The minimum atomic E-state index is -4.69. The summed E-state index contributed by atoms with van der Waals surface area (Å²) in [4.78, 5) is 12.0. The molecule has 0 bridgehead atoms. The fourth-order valence-corrected chi connectivity index (χ4v) is 1.76. The molecule has 22 heavy (non-hydrogen) atoms. The van der Waals surface area contributed by atoms with E-state index in [1.807, 2.05) is 0 Å². The van der Waals surface area contributed by atoms with Crippen LogP contribution in [0, 0.1) is 5.92 Å². The maximum Gasteiger partial charge on any atom is 0.433 e. The van der Waals surface area contributed by atoms with Crippen LogP contribution >= 0.6 is 0 Å². The summed E-state index contributed by atoms with van der Waals surface area (Å²) in [6.07, 6.45) is -3.78. The normalized spacial score (nSPS) is 15.2. The minimum absolute atomic E-state index is 0.145. The summed E-state index contributed by atoms with van der Waals surface area (Å²) >= 11 is 0. The van der Waals surface area contributed by atoms with Crippen molar-refractivity contribution in [1.29, 1.82) is 0 Å². The molecule has 0 fully saturated rings. The second kappa shape index (κ2) is 6.28. The number of rotatable bonds is 5. The molecule has 1 unspecified atom stereocenters. The fourth-order valence-electron chi connectivity index (χ4n) is 1.76. The van der Waals surface area contributed by atoms with Gasteiger partial charge in [-0.05, 0) is 26.7 Å². The Morgan fingerprint density at radius 2 is 1.91 bits per heavy atom. The van der Waals surface area contributed by atoms with E-state index in [4.69, 9.17) is 0 Å². The highest BCUT2D eigenvalue weighted by atomic mass is 19.4. The first-order valence-corrected chi connectivity index (χ1v) is 7.03. The quantitative estimate of drug-likeness (QED) is 0.876. The van der Waals surface area contributed by atoms with Gasteiger partial charge in [-0.1, -0.05) is 13.8 Å². The lowest BCUT2D eigenvalue weighted by Crippen LogP contribution is -2.44. The van der Waals surface area contributed by atoms with Crippen LogP contribution in [0.4, 0.5) is 13.2 Å². The van der Waals surface area contributed by atoms with Crippen LogP contribution in [0.15, 0.2) is 6.20 Å². The van der Waals surface area contributed by atoms with Crippen molar-refractivity contribution >= 4 is 5.91 Å². The highest BCUT2D eigenvalue weighted by molar-refractivity contribution is 5.95. The first kappa shape index (κ1) is 18.5. The number of nitrogens with one attached hydrogen (secondary N) is 1. The smallest absolute Gasteiger partial charge is 0.388 e. The number of aliphatic hydroxyl groups is 1. The maximum atomic E-state index is 13.2. The van der Waals surface area contributed by atoms with Gasteiger partial charge in [0.2, 0.25) is 0 Å². The van der Waals surface area contributed by atoms with Crippen LogP contribution in [-0.2, 0) is 6.18 Å². The van der Waals surface area contributed by atoms with Crippen LogP contribution in [0.3, 0.4) is 0 Å². The van der Waals surface area contributed by atoms with Gasteiger partial charge in [-0.3, -0.25) is 9.48 Å². The van der Waals surface area contributed by atoms with Crippen LogP contribution in [0.1, 0.15) is 56.7 Å². The molecule has 1 atom stereocenters. The van der Waals surface area contributed by atoms with E-state index in [1.54, 1.807) is 27.7 Å². The molecule has 0 aromatic carbocycles. The lowest BCUT2D eigenvalue weighted by atomic mass is 9.92. The number of amides is 1. The third-order valence-electron chi connectivity index (χ3n) is 3.65. The molecule has 8 heteroatoms. The van der Waals surface area contributed by atoms with E-state index in [2.05, 4.69) is 10.4 Å². The van der Waals surface area contributed by atoms with Gasteiger partial charge < -0.3 is 10.4 Å². The highest BCUT2D eigenvalue weighted by Crippen LogP contribution is 2.33. The number of aromatic nitrogens is 2. The van der Waals surface area contributed by atoms with Gasteiger partial charge >= 0.3 is 6.18 Å². The molecular weight excluding hydrogens is 299 g/mol. The zero-order valence-electron chi connectivity index (χ0n) is 13.3. The molecule has 0 saturated heterocycles. The van der Waals surface area contributed by atoms with Crippen LogP contribution in [0.25, 0.3) is 0 Å². The Morgan fingerprint density at radius 3 is 2.32 bits per heavy atom. The number of carbonyl (C=O) groups excluding carboxylic acids is 1. The molecule has 0 aliphatic carbocycles. The van der Waals surface area contributed by atoms with Gasteiger partial charge in [0.15, 0.2) is 5.69 Å². The third-order valence-corrected chi connectivity index (χ3v) is 3.65. The lowest BCUT2D eigenvalue weighted by Gasteiger charge is -2.27. The first-order chi connectivity index (χ1) is 9.88. The Balaban J connectivity index is 3.05. The van der Waals surface area contributed by atoms with Crippen molar-refractivity contribution in [3.05, 3.63) is 17.5 Å². The molecule has 5 nitrogen and oxygen atoms in total.